The van der Waals surface area contributed by atoms with Crippen LogP contribution in [0.15, 0.2) is 24.3 Å². The van der Waals surface area contributed by atoms with Crippen LogP contribution in [0.3, 0.4) is 0 Å². The van der Waals surface area contributed by atoms with Gasteiger partial charge in [0, 0.05) is 12.2 Å². The van der Waals surface area contributed by atoms with Gasteiger partial charge >= 0.3 is 0 Å². The summed E-state index contributed by atoms with van der Waals surface area (Å²) in [6.45, 7) is 2.04. The molecule has 1 unspecified atom stereocenters. The van der Waals surface area contributed by atoms with Crippen LogP contribution in [-0.2, 0) is 16.1 Å². The van der Waals surface area contributed by atoms with Gasteiger partial charge in [0.2, 0.25) is 0 Å². The van der Waals surface area contributed by atoms with Gasteiger partial charge < -0.3 is 15.2 Å². The molecule has 0 spiro atoms. The second kappa shape index (κ2) is 6.52. The maximum Gasteiger partial charge on any atom is 0.122 e. The summed E-state index contributed by atoms with van der Waals surface area (Å²) in [5, 5.41) is 7.39. The molecule has 0 amide bonds. The van der Waals surface area contributed by atoms with Crippen molar-refractivity contribution in [2.75, 3.05) is 13.2 Å². The summed E-state index contributed by atoms with van der Waals surface area (Å²) in [4.78, 5) is 0. The Hall–Kier alpha value is -1.39. The van der Waals surface area contributed by atoms with Crippen LogP contribution in [-0.4, -0.2) is 25.2 Å². The van der Waals surface area contributed by atoms with E-state index in [1.807, 2.05) is 24.3 Å². The van der Waals surface area contributed by atoms with Gasteiger partial charge in [-0.15, -0.1) is 0 Å². The number of nitrogen functional groups attached to an aromatic ring is 1. The van der Waals surface area contributed by atoms with Gasteiger partial charge in [-0.2, -0.15) is 0 Å². The fraction of sp³-hybridized carbons (Fsp3) is 0.500. The van der Waals surface area contributed by atoms with Crippen molar-refractivity contribution in [3.8, 4) is 0 Å². The van der Waals surface area contributed by atoms with E-state index in [0.29, 0.717) is 13.2 Å². The zero-order valence-corrected chi connectivity index (χ0v) is 10.5. The Morgan fingerprint density at radius 3 is 3.06 bits per heavy atom. The summed E-state index contributed by atoms with van der Waals surface area (Å²) in [6.07, 6.45) is 3.73. The molecule has 2 rings (SSSR count). The van der Waals surface area contributed by atoms with Crippen molar-refractivity contribution in [1.82, 2.24) is 0 Å². The van der Waals surface area contributed by atoms with Gasteiger partial charge in [-0.05, 0) is 30.9 Å². The SMILES string of the molecule is N=C(N)c1cccc(COCC2CCCCO2)c1. The van der Waals surface area contributed by atoms with E-state index >= 15 is 0 Å². The third-order valence-electron chi connectivity index (χ3n) is 3.08. The molecule has 0 saturated carbocycles. The van der Waals surface area contributed by atoms with Crippen LogP contribution in [0.2, 0.25) is 0 Å². The van der Waals surface area contributed by atoms with E-state index in [1.54, 1.807) is 0 Å². The first-order chi connectivity index (χ1) is 8.75. The lowest BCUT2D eigenvalue weighted by atomic mass is 10.1. The standard InChI is InChI=1S/C14H20N2O2/c15-14(16)12-5-3-4-11(8-12)9-17-10-13-6-1-2-7-18-13/h3-5,8,13H,1-2,6-7,9-10H2,(H3,15,16). The van der Waals surface area contributed by atoms with E-state index in [4.69, 9.17) is 20.6 Å². The van der Waals surface area contributed by atoms with Crippen molar-refractivity contribution in [1.29, 1.82) is 5.41 Å². The highest BCUT2D eigenvalue weighted by Gasteiger charge is 2.13. The Bertz CT molecular complexity index is 401. The van der Waals surface area contributed by atoms with Crippen LogP contribution in [0.1, 0.15) is 30.4 Å². The van der Waals surface area contributed by atoms with Crippen LogP contribution in [0.4, 0.5) is 0 Å². The molecule has 4 heteroatoms. The molecule has 0 radical (unpaired) electrons. The molecular weight excluding hydrogens is 228 g/mol. The average Bonchev–Trinajstić information content (AvgIpc) is 2.40. The third-order valence-corrected chi connectivity index (χ3v) is 3.08. The highest BCUT2D eigenvalue weighted by molar-refractivity contribution is 5.95. The number of ether oxygens (including phenoxy) is 2. The minimum atomic E-state index is 0.0902. The number of hydrogen-bond donors (Lipinski definition) is 2. The zero-order valence-electron chi connectivity index (χ0n) is 10.5. The summed E-state index contributed by atoms with van der Waals surface area (Å²) >= 11 is 0. The normalized spacial score (nSPS) is 19.7. The lowest BCUT2D eigenvalue weighted by Crippen LogP contribution is -2.24. The average molecular weight is 248 g/mol. The molecule has 1 aliphatic heterocycles. The lowest BCUT2D eigenvalue weighted by molar-refractivity contribution is -0.0447. The van der Waals surface area contributed by atoms with Gasteiger partial charge in [0.05, 0.1) is 19.3 Å². The van der Waals surface area contributed by atoms with Gasteiger partial charge in [-0.1, -0.05) is 18.2 Å². The molecule has 1 atom stereocenters. The quantitative estimate of drug-likeness (QED) is 0.619. The number of nitrogens with two attached hydrogens (primary N) is 1. The molecule has 4 nitrogen and oxygen atoms in total. The van der Waals surface area contributed by atoms with Crippen molar-refractivity contribution < 1.29 is 9.47 Å². The van der Waals surface area contributed by atoms with E-state index in [2.05, 4.69) is 0 Å². The first kappa shape index (κ1) is 13.1. The molecule has 1 heterocycles. The second-order valence-corrected chi connectivity index (χ2v) is 4.62. The largest absolute Gasteiger partial charge is 0.384 e. The predicted octanol–water partition coefficient (Wildman–Crippen LogP) is 2.06. The molecule has 1 aromatic carbocycles. The monoisotopic (exact) mass is 248 g/mol. The van der Waals surface area contributed by atoms with Gasteiger partial charge in [-0.3, -0.25) is 5.41 Å². The number of nitrogens with one attached hydrogen (secondary N) is 1. The highest BCUT2D eigenvalue weighted by atomic mass is 16.5. The molecule has 0 aliphatic carbocycles. The Morgan fingerprint density at radius 1 is 1.44 bits per heavy atom. The highest BCUT2D eigenvalue weighted by Crippen LogP contribution is 2.14. The molecule has 1 aliphatic rings. The second-order valence-electron chi connectivity index (χ2n) is 4.62. The van der Waals surface area contributed by atoms with Crippen LogP contribution in [0, 0.1) is 5.41 Å². The summed E-state index contributed by atoms with van der Waals surface area (Å²) in [7, 11) is 0. The summed E-state index contributed by atoms with van der Waals surface area (Å²) in [5.41, 5.74) is 7.23. The third kappa shape index (κ3) is 3.82. The molecule has 1 saturated heterocycles. The van der Waals surface area contributed by atoms with E-state index in [0.717, 1.165) is 30.6 Å². The molecule has 0 aromatic heterocycles. The number of hydrogen-bond acceptors (Lipinski definition) is 3. The Morgan fingerprint density at radius 2 is 2.33 bits per heavy atom. The fourth-order valence-corrected chi connectivity index (χ4v) is 2.08. The minimum Gasteiger partial charge on any atom is -0.384 e. The molecule has 3 N–H and O–H groups in total. The number of rotatable bonds is 5. The Balaban J connectivity index is 1.78. The van der Waals surface area contributed by atoms with E-state index < -0.39 is 0 Å². The smallest absolute Gasteiger partial charge is 0.122 e. The van der Waals surface area contributed by atoms with E-state index in [9.17, 15) is 0 Å². The maximum atomic E-state index is 7.39. The maximum absolute atomic E-state index is 7.39. The topological polar surface area (TPSA) is 68.3 Å². The summed E-state index contributed by atoms with van der Waals surface area (Å²) in [6, 6.07) is 7.60. The minimum absolute atomic E-state index is 0.0902. The van der Waals surface area contributed by atoms with Gasteiger partial charge in [0.15, 0.2) is 0 Å². The first-order valence-electron chi connectivity index (χ1n) is 6.38. The van der Waals surface area contributed by atoms with Crippen molar-refractivity contribution in [3.05, 3.63) is 35.4 Å². The van der Waals surface area contributed by atoms with Gasteiger partial charge in [0.25, 0.3) is 0 Å². The van der Waals surface area contributed by atoms with Crippen molar-refractivity contribution >= 4 is 5.84 Å². The summed E-state index contributed by atoms with van der Waals surface area (Å²) in [5.74, 6) is 0.0902. The van der Waals surface area contributed by atoms with Gasteiger partial charge in [-0.25, -0.2) is 0 Å². The molecule has 1 aromatic rings. The molecular formula is C14H20N2O2. The van der Waals surface area contributed by atoms with Crippen LogP contribution < -0.4 is 5.73 Å². The molecule has 1 fully saturated rings. The molecule has 18 heavy (non-hydrogen) atoms. The van der Waals surface area contributed by atoms with E-state index in [1.165, 1.54) is 6.42 Å². The predicted molar refractivity (Wildman–Crippen MR) is 70.7 cm³/mol. The van der Waals surface area contributed by atoms with Crippen LogP contribution in [0.5, 0.6) is 0 Å². The molecule has 0 bridgehead atoms. The van der Waals surface area contributed by atoms with Crippen LogP contribution in [0.25, 0.3) is 0 Å². The Labute approximate surface area is 108 Å². The fourth-order valence-electron chi connectivity index (χ4n) is 2.08. The number of benzene rings is 1. The van der Waals surface area contributed by atoms with Crippen molar-refractivity contribution in [2.24, 2.45) is 5.73 Å². The molecule has 98 valence electrons. The summed E-state index contributed by atoms with van der Waals surface area (Å²) < 4.78 is 11.3. The number of amidine groups is 1. The van der Waals surface area contributed by atoms with Gasteiger partial charge in [0.1, 0.15) is 5.84 Å². The van der Waals surface area contributed by atoms with Crippen molar-refractivity contribution in [3.63, 3.8) is 0 Å². The Kier molecular flexibility index (Phi) is 4.73. The van der Waals surface area contributed by atoms with E-state index in [-0.39, 0.29) is 11.9 Å². The first-order valence-corrected chi connectivity index (χ1v) is 6.38. The lowest BCUT2D eigenvalue weighted by Gasteiger charge is -2.22. The zero-order chi connectivity index (χ0) is 12.8. The van der Waals surface area contributed by atoms with Crippen LogP contribution >= 0.6 is 0 Å². The van der Waals surface area contributed by atoms with Crippen molar-refractivity contribution in [2.45, 2.75) is 32.0 Å².